The van der Waals surface area contributed by atoms with Crippen molar-refractivity contribution in [1.82, 2.24) is 4.90 Å². The van der Waals surface area contributed by atoms with Crippen LogP contribution in [-0.4, -0.2) is 24.0 Å². The number of nitrogens with two attached hydrogens (primary N) is 1. The van der Waals surface area contributed by atoms with E-state index < -0.39 is 0 Å². The molecule has 1 aromatic heterocycles. The molecule has 14 heavy (non-hydrogen) atoms. The first-order chi connectivity index (χ1) is 6.90. The minimum Gasteiger partial charge on any atom is -0.330 e. The lowest BCUT2D eigenvalue weighted by Gasteiger charge is -2.20. The van der Waals surface area contributed by atoms with Crippen LogP contribution in [0.1, 0.15) is 24.1 Å². The Labute approximate surface area is 89.7 Å². The predicted octanol–water partition coefficient (Wildman–Crippen LogP) is 2.06. The molecule has 1 aliphatic carbocycles. The quantitative estimate of drug-likeness (QED) is 0.778. The molecule has 2 N–H and O–H groups in total. The van der Waals surface area contributed by atoms with Gasteiger partial charge in [0.1, 0.15) is 0 Å². The van der Waals surface area contributed by atoms with E-state index in [-0.39, 0.29) is 0 Å². The maximum atomic E-state index is 5.55. The molecule has 0 bridgehead atoms. The molecule has 0 atom stereocenters. The van der Waals surface area contributed by atoms with Crippen molar-refractivity contribution < 1.29 is 0 Å². The molecule has 0 aliphatic heterocycles. The van der Waals surface area contributed by atoms with Gasteiger partial charge in [0.15, 0.2) is 0 Å². The Morgan fingerprint density at radius 1 is 1.50 bits per heavy atom. The lowest BCUT2D eigenvalue weighted by Crippen LogP contribution is -2.27. The van der Waals surface area contributed by atoms with Crippen LogP contribution in [0.25, 0.3) is 0 Å². The Morgan fingerprint density at radius 3 is 2.93 bits per heavy atom. The predicted molar refractivity (Wildman–Crippen MR) is 61.4 cm³/mol. The van der Waals surface area contributed by atoms with Gasteiger partial charge in [0.25, 0.3) is 0 Å². The third-order valence-electron chi connectivity index (χ3n) is 2.65. The number of thiophene rings is 1. The monoisotopic (exact) mass is 210 g/mol. The average molecular weight is 210 g/mol. The van der Waals surface area contributed by atoms with Gasteiger partial charge in [0.05, 0.1) is 0 Å². The molecule has 78 valence electrons. The molecule has 0 radical (unpaired) electrons. The van der Waals surface area contributed by atoms with Crippen molar-refractivity contribution in [2.45, 2.75) is 31.8 Å². The van der Waals surface area contributed by atoms with Crippen LogP contribution in [0.3, 0.4) is 0 Å². The van der Waals surface area contributed by atoms with Crippen molar-refractivity contribution in [2.24, 2.45) is 5.73 Å². The second kappa shape index (κ2) is 4.91. The zero-order valence-corrected chi connectivity index (χ0v) is 9.30. The standard InChI is InChI=1S/C11H18N2S/c12-6-2-7-13(10-4-5-10)9-11-3-1-8-14-11/h1,3,8,10H,2,4-7,9,12H2. The summed E-state index contributed by atoms with van der Waals surface area (Å²) in [5.41, 5.74) is 5.55. The highest BCUT2D eigenvalue weighted by Gasteiger charge is 2.28. The van der Waals surface area contributed by atoms with Gasteiger partial charge in [-0.3, -0.25) is 4.90 Å². The largest absolute Gasteiger partial charge is 0.330 e. The fourth-order valence-corrected chi connectivity index (χ4v) is 2.46. The van der Waals surface area contributed by atoms with Gasteiger partial charge in [-0.2, -0.15) is 0 Å². The summed E-state index contributed by atoms with van der Waals surface area (Å²) in [6.45, 7) is 3.11. The lowest BCUT2D eigenvalue weighted by molar-refractivity contribution is 0.255. The van der Waals surface area contributed by atoms with Crippen molar-refractivity contribution in [3.8, 4) is 0 Å². The second-order valence-electron chi connectivity index (χ2n) is 3.92. The minimum absolute atomic E-state index is 0.813. The van der Waals surface area contributed by atoms with Gasteiger partial charge >= 0.3 is 0 Å². The molecule has 2 nitrogen and oxygen atoms in total. The molecule has 1 aliphatic rings. The zero-order valence-electron chi connectivity index (χ0n) is 8.48. The van der Waals surface area contributed by atoms with E-state index in [1.54, 1.807) is 0 Å². The number of hydrogen-bond donors (Lipinski definition) is 1. The van der Waals surface area contributed by atoms with Gasteiger partial charge in [0, 0.05) is 24.0 Å². The van der Waals surface area contributed by atoms with Gasteiger partial charge in [-0.05, 0) is 37.3 Å². The SMILES string of the molecule is NCCCN(Cc1cccs1)C1CC1. The van der Waals surface area contributed by atoms with Crippen LogP contribution < -0.4 is 5.73 Å². The molecule has 0 saturated heterocycles. The van der Waals surface area contributed by atoms with Crippen LogP contribution in [-0.2, 0) is 6.54 Å². The number of rotatable bonds is 6. The van der Waals surface area contributed by atoms with Crippen molar-refractivity contribution in [1.29, 1.82) is 0 Å². The van der Waals surface area contributed by atoms with Crippen molar-refractivity contribution in [2.75, 3.05) is 13.1 Å². The van der Waals surface area contributed by atoms with Gasteiger partial charge < -0.3 is 5.73 Å². The third kappa shape index (κ3) is 2.80. The molecule has 0 aromatic carbocycles. The number of hydrogen-bond acceptors (Lipinski definition) is 3. The Hall–Kier alpha value is -0.380. The van der Waals surface area contributed by atoms with E-state index >= 15 is 0 Å². The summed E-state index contributed by atoms with van der Waals surface area (Å²) in [5, 5.41) is 2.16. The molecule has 0 unspecified atom stereocenters. The molecule has 1 fully saturated rings. The average Bonchev–Trinajstić information content (AvgIpc) is 2.92. The second-order valence-corrected chi connectivity index (χ2v) is 4.96. The summed E-state index contributed by atoms with van der Waals surface area (Å²) >= 11 is 1.86. The Bertz CT molecular complexity index is 254. The smallest absolute Gasteiger partial charge is 0.0330 e. The Morgan fingerprint density at radius 2 is 2.36 bits per heavy atom. The van der Waals surface area contributed by atoms with Crippen molar-refractivity contribution in [3.63, 3.8) is 0 Å². The normalized spacial score (nSPS) is 16.4. The highest BCUT2D eigenvalue weighted by Crippen LogP contribution is 2.29. The first-order valence-corrected chi connectivity index (χ1v) is 6.24. The van der Waals surface area contributed by atoms with Crippen molar-refractivity contribution in [3.05, 3.63) is 22.4 Å². The molecule has 1 heterocycles. The van der Waals surface area contributed by atoms with Gasteiger partial charge in [-0.1, -0.05) is 6.07 Å². The van der Waals surface area contributed by atoms with Gasteiger partial charge in [-0.25, -0.2) is 0 Å². The fourth-order valence-electron chi connectivity index (χ4n) is 1.73. The van der Waals surface area contributed by atoms with Crippen LogP contribution in [0, 0.1) is 0 Å². The van der Waals surface area contributed by atoms with Crippen LogP contribution in [0.2, 0.25) is 0 Å². The molecule has 2 rings (SSSR count). The Balaban J connectivity index is 1.84. The first-order valence-electron chi connectivity index (χ1n) is 5.36. The molecule has 0 amide bonds. The highest BCUT2D eigenvalue weighted by atomic mass is 32.1. The van der Waals surface area contributed by atoms with E-state index in [2.05, 4.69) is 22.4 Å². The van der Waals surface area contributed by atoms with E-state index in [1.165, 1.54) is 24.3 Å². The highest BCUT2D eigenvalue weighted by molar-refractivity contribution is 7.09. The van der Waals surface area contributed by atoms with Gasteiger partial charge in [-0.15, -0.1) is 11.3 Å². The van der Waals surface area contributed by atoms with Crippen LogP contribution in [0.15, 0.2) is 17.5 Å². The molecule has 1 saturated carbocycles. The summed E-state index contributed by atoms with van der Waals surface area (Å²) in [6.07, 6.45) is 3.90. The maximum Gasteiger partial charge on any atom is 0.0330 e. The summed E-state index contributed by atoms with van der Waals surface area (Å²) in [5.74, 6) is 0. The minimum atomic E-state index is 0.813. The molecular weight excluding hydrogens is 192 g/mol. The van der Waals surface area contributed by atoms with E-state index in [9.17, 15) is 0 Å². The Kier molecular flexibility index (Phi) is 3.56. The molecule has 1 aromatic rings. The summed E-state index contributed by atoms with van der Waals surface area (Å²) in [7, 11) is 0. The van der Waals surface area contributed by atoms with E-state index in [1.807, 2.05) is 11.3 Å². The number of nitrogens with zero attached hydrogens (tertiary/aromatic N) is 1. The van der Waals surface area contributed by atoms with Crippen molar-refractivity contribution >= 4 is 11.3 Å². The maximum absolute atomic E-state index is 5.55. The van der Waals surface area contributed by atoms with E-state index in [0.29, 0.717) is 0 Å². The topological polar surface area (TPSA) is 29.3 Å². The summed E-state index contributed by atoms with van der Waals surface area (Å²) in [4.78, 5) is 4.06. The molecular formula is C11H18N2S. The van der Waals surface area contributed by atoms with Gasteiger partial charge in [0.2, 0.25) is 0 Å². The van der Waals surface area contributed by atoms with E-state index in [4.69, 9.17) is 5.73 Å². The van der Waals surface area contributed by atoms with E-state index in [0.717, 1.165) is 25.6 Å². The third-order valence-corrected chi connectivity index (χ3v) is 3.51. The lowest BCUT2D eigenvalue weighted by atomic mass is 10.3. The molecule has 3 heteroatoms. The molecule has 0 spiro atoms. The summed E-state index contributed by atoms with van der Waals surface area (Å²) < 4.78 is 0. The van der Waals surface area contributed by atoms with Crippen LogP contribution >= 0.6 is 11.3 Å². The van der Waals surface area contributed by atoms with Crippen LogP contribution in [0.4, 0.5) is 0 Å². The first kappa shape index (κ1) is 10.1. The fraction of sp³-hybridized carbons (Fsp3) is 0.636. The van der Waals surface area contributed by atoms with Crippen LogP contribution in [0.5, 0.6) is 0 Å². The summed E-state index contributed by atoms with van der Waals surface area (Å²) in [6, 6.07) is 5.21. The zero-order chi connectivity index (χ0) is 9.80.